The van der Waals surface area contributed by atoms with E-state index < -0.39 is 0 Å². The van der Waals surface area contributed by atoms with Crippen molar-refractivity contribution in [2.24, 2.45) is 5.73 Å². The number of para-hydroxylation sites is 1. The summed E-state index contributed by atoms with van der Waals surface area (Å²) in [5.41, 5.74) is 6.15. The fourth-order valence-electron chi connectivity index (χ4n) is 0.725. The van der Waals surface area contributed by atoms with E-state index in [1.54, 1.807) is 0 Å². The Balaban J connectivity index is 3.14. The van der Waals surface area contributed by atoms with E-state index in [0.29, 0.717) is 12.3 Å². The van der Waals surface area contributed by atoms with Gasteiger partial charge < -0.3 is 10.8 Å². The summed E-state index contributed by atoms with van der Waals surface area (Å²) in [6.45, 7) is 0.392. The van der Waals surface area contributed by atoms with Crippen LogP contribution in [0.1, 0.15) is 5.56 Å². The minimum Gasteiger partial charge on any atom is -0.507 e. The Morgan fingerprint density at radius 1 is 1.50 bits per heavy atom. The van der Waals surface area contributed by atoms with Crippen LogP contribution in [-0.2, 0) is 6.54 Å². The first-order valence-corrected chi connectivity index (χ1v) is 4.00. The van der Waals surface area contributed by atoms with Crippen molar-refractivity contribution in [2.75, 3.05) is 0 Å². The second-order valence-corrected chi connectivity index (χ2v) is 3.11. The van der Waals surface area contributed by atoms with Gasteiger partial charge in [0.1, 0.15) is 5.75 Å². The van der Waals surface area contributed by atoms with E-state index >= 15 is 0 Å². The third-order valence-electron chi connectivity index (χ3n) is 1.29. The largest absolute Gasteiger partial charge is 0.507 e. The van der Waals surface area contributed by atoms with Gasteiger partial charge in [-0.2, -0.15) is 0 Å². The molecule has 0 saturated heterocycles. The zero-order chi connectivity index (χ0) is 7.56. The van der Waals surface area contributed by atoms with Gasteiger partial charge in [0.15, 0.2) is 0 Å². The molecule has 0 saturated carbocycles. The number of benzene rings is 1. The molecule has 0 unspecified atom stereocenters. The van der Waals surface area contributed by atoms with E-state index in [4.69, 9.17) is 5.73 Å². The van der Waals surface area contributed by atoms with Crippen LogP contribution in [0.3, 0.4) is 0 Å². The molecule has 1 rings (SSSR count). The van der Waals surface area contributed by atoms with E-state index in [1.165, 1.54) is 0 Å². The number of hydrogen-bond acceptors (Lipinski definition) is 2. The number of phenolic OH excluding ortho intramolecular Hbond substituents is 1. The highest BCUT2D eigenvalue weighted by molar-refractivity contribution is 14.1. The van der Waals surface area contributed by atoms with Crippen molar-refractivity contribution < 1.29 is 5.11 Å². The molecule has 0 aliphatic rings. The minimum atomic E-state index is 0.311. The first-order valence-electron chi connectivity index (χ1n) is 2.92. The van der Waals surface area contributed by atoms with E-state index in [0.717, 1.165) is 9.13 Å². The molecule has 0 aliphatic heterocycles. The van der Waals surface area contributed by atoms with Crippen molar-refractivity contribution in [1.82, 2.24) is 0 Å². The SMILES string of the molecule is NCc1cccc(I)c1O. The number of phenols is 1. The molecule has 0 heterocycles. The Morgan fingerprint density at radius 2 is 2.20 bits per heavy atom. The normalized spacial score (nSPS) is 9.80. The highest BCUT2D eigenvalue weighted by atomic mass is 127. The number of halogens is 1. The predicted octanol–water partition coefficient (Wildman–Crippen LogP) is 1.46. The third kappa shape index (κ3) is 1.41. The summed E-state index contributed by atoms with van der Waals surface area (Å²) in [6, 6.07) is 5.54. The minimum absolute atomic E-state index is 0.311. The number of rotatable bonds is 1. The van der Waals surface area contributed by atoms with Crippen LogP contribution in [0.5, 0.6) is 5.75 Å². The zero-order valence-corrected chi connectivity index (χ0v) is 7.50. The molecule has 0 bridgehead atoms. The zero-order valence-electron chi connectivity index (χ0n) is 5.34. The third-order valence-corrected chi connectivity index (χ3v) is 2.16. The Kier molecular flexibility index (Phi) is 2.50. The van der Waals surface area contributed by atoms with Crippen LogP contribution in [0.4, 0.5) is 0 Å². The summed E-state index contributed by atoms with van der Waals surface area (Å²) in [5.74, 6) is 0.311. The van der Waals surface area contributed by atoms with Gasteiger partial charge in [0, 0.05) is 12.1 Å². The lowest BCUT2D eigenvalue weighted by Crippen LogP contribution is -1.96. The number of aromatic hydroxyl groups is 1. The second-order valence-electron chi connectivity index (χ2n) is 1.95. The van der Waals surface area contributed by atoms with Gasteiger partial charge in [-0.3, -0.25) is 0 Å². The maximum atomic E-state index is 9.31. The van der Waals surface area contributed by atoms with Gasteiger partial charge in [-0.1, -0.05) is 12.1 Å². The maximum absolute atomic E-state index is 9.31. The Bertz CT molecular complexity index is 237. The summed E-state index contributed by atoms with van der Waals surface area (Å²) in [5, 5.41) is 9.31. The van der Waals surface area contributed by atoms with Crippen LogP contribution < -0.4 is 5.73 Å². The lowest BCUT2D eigenvalue weighted by molar-refractivity contribution is 0.464. The van der Waals surface area contributed by atoms with Crippen molar-refractivity contribution >= 4 is 22.6 Å². The van der Waals surface area contributed by atoms with E-state index in [9.17, 15) is 5.11 Å². The Hall–Kier alpha value is -0.290. The van der Waals surface area contributed by atoms with Gasteiger partial charge in [-0.05, 0) is 28.7 Å². The number of nitrogens with two attached hydrogens (primary N) is 1. The van der Waals surface area contributed by atoms with E-state index in [-0.39, 0.29) is 0 Å². The fraction of sp³-hybridized carbons (Fsp3) is 0.143. The molecule has 1 aromatic rings. The summed E-state index contributed by atoms with van der Waals surface area (Å²) in [6.07, 6.45) is 0. The van der Waals surface area contributed by atoms with Gasteiger partial charge in [0.25, 0.3) is 0 Å². The van der Waals surface area contributed by atoms with Crippen LogP contribution in [0.25, 0.3) is 0 Å². The molecule has 0 spiro atoms. The Morgan fingerprint density at radius 3 is 2.70 bits per heavy atom. The Labute approximate surface area is 73.2 Å². The molecule has 0 atom stereocenters. The highest BCUT2D eigenvalue weighted by Crippen LogP contribution is 2.22. The van der Waals surface area contributed by atoms with E-state index in [1.807, 2.05) is 18.2 Å². The van der Waals surface area contributed by atoms with Gasteiger partial charge in [0.2, 0.25) is 0 Å². The van der Waals surface area contributed by atoms with Crippen molar-refractivity contribution in [3.8, 4) is 5.75 Å². The van der Waals surface area contributed by atoms with Crippen LogP contribution in [0.15, 0.2) is 18.2 Å². The topological polar surface area (TPSA) is 46.2 Å². The molecular weight excluding hydrogens is 241 g/mol. The number of hydrogen-bond donors (Lipinski definition) is 2. The van der Waals surface area contributed by atoms with Crippen molar-refractivity contribution in [2.45, 2.75) is 6.54 Å². The molecule has 1 aromatic carbocycles. The fourth-order valence-corrected chi connectivity index (χ4v) is 1.28. The molecule has 54 valence electrons. The molecule has 3 heteroatoms. The second kappa shape index (κ2) is 3.21. The average Bonchev–Trinajstić information content (AvgIpc) is 1.95. The van der Waals surface area contributed by atoms with Crippen LogP contribution >= 0.6 is 22.6 Å². The quantitative estimate of drug-likeness (QED) is 0.740. The molecule has 2 nitrogen and oxygen atoms in total. The van der Waals surface area contributed by atoms with Gasteiger partial charge in [0.05, 0.1) is 3.57 Å². The molecule has 0 amide bonds. The first-order chi connectivity index (χ1) is 4.75. The molecular formula is C7H8INO. The lowest BCUT2D eigenvalue weighted by Gasteiger charge is -2.01. The lowest BCUT2D eigenvalue weighted by atomic mass is 10.2. The van der Waals surface area contributed by atoms with Gasteiger partial charge >= 0.3 is 0 Å². The molecule has 0 aliphatic carbocycles. The summed E-state index contributed by atoms with van der Waals surface area (Å²) >= 11 is 2.07. The van der Waals surface area contributed by atoms with Crippen molar-refractivity contribution in [3.05, 3.63) is 27.3 Å². The van der Waals surface area contributed by atoms with Gasteiger partial charge in [-0.25, -0.2) is 0 Å². The average molecular weight is 249 g/mol. The molecule has 0 aromatic heterocycles. The molecule has 0 radical (unpaired) electrons. The summed E-state index contributed by atoms with van der Waals surface area (Å²) in [4.78, 5) is 0. The maximum Gasteiger partial charge on any atom is 0.133 e. The van der Waals surface area contributed by atoms with Crippen LogP contribution in [-0.4, -0.2) is 5.11 Å². The highest BCUT2D eigenvalue weighted by Gasteiger charge is 2.00. The first kappa shape index (κ1) is 7.81. The van der Waals surface area contributed by atoms with Crippen LogP contribution in [0.2, 0.25) is 0 Å². The molecule has 0 fully saturated rings. The standard InChI is InChI=1S/C7H8INO/c8-6-3-1-2-5(4-9)7(6)10/h1-3,10H,4,9H2. The summed E-state index contributed by atoms with van der Waals surface area (Å²) in [7, 11) is 0. The van der Waals surface area contributed by atoms with E-state index in [2.05, 4.69) is 22.6 Å². The molecule has 3 N–H and O–H groups in total. The van der Waals surface area contributed by atoms with Crippen molar-refractivity contribution in [1.29, 1.82) is 0 Å². The predicted molar refractivity (Wildman–Crippen MR) is 48.7 cm³/mol. The summed E-state index contributed by atoms with van der Waals surface area (Å²) < 4.78 is 0.848. The van der Waals surface area contributed by atoms with Crippen LogP contribution in [0, 0.1) is 3.57 Å². The molecule has 10 heavy (non-hydrogen) atoms. The van der Waals surface area contributed by atoms with Crippen molar-refractivity contribution in [3.63, 3.8) is 0 Å². The smallest absolute Gasteiger partial charge is 0.133 e. The van der Waals surface area contributed by atoms with Gasteiger partial charge in [-0.15, -0.1) is 0 Å². The monoisotopic (exact) mass is 249 g/mol.